The van der Waals surface area contributed by atoms with Crippen LogP contribution in [0.2, 0.25) is 0 Å². The van der Waals surface area contributed by atoms with Gasteiger partial charge in [0, 0.05) is 6.20 Å². The lowest BCUT2D eigenvalue weighted by molar-refractivity contribution is -0.106. The topological polar surface area (TPSA) is 84.9 Å². The second kappa shape index (κ2) is 4.70. The summed E-state index contributed by atoms with van der Waals surface area (Å²) in [5.74, 6) is 0.718. The molecule has 0 atom stereocenters. The molecule has 0 aliphatic carbocycles. The number of rotatable bonds is 0. The molecule has 0 unspecified atom stereocenters. The third kappa shape index (κ3) is 4.40. The van der Waals surface area contributed by atoms with Crippen LogP contribution in [0.3, 0.4) is 0 Å². The summed E-state index contributed by atoms with van der Waals surface area (Å²) in [5, 5.41) is 0. The number of aromatic nitrogens is 1. The minimum Gasteiger partial charge on any atom is -0.385 e. The zero-order valence-electron chi connectivity index (χ0n) is 4.87. The molecule has 0 aliphatic rings. The van der Waals surface area contributed by atoms with Crippen molar-refractivity contribution in [3.63, 3.8) is 0 Å². The van der Waals surface area contributed by atoms with Gasteiger partial charge >= 0.3 is 0 Å². The number of nitrogens with one attached hydrogen (secondary N) is 1. The van der Waals surface area contributed by atoms with Crippen molar-refractivity contribution in [2.45, 2.75) is 0 Å². The van der Waals surface area contributed by atoms with E-state index >= 15 is 0 Å². The lowest BCUT2D eigenvalue weighted by Crippen LogP contribution is -1.82. The smallest absolute Gasteiger partial charge is 0.204 e. The Balaban J connectivity index is 0.000000187. The number of amides is 1. The van der Waals surface area contributed by atoms with Gasteiger partial charge in [-0.3, -0.25) is 4.79 Å². The highest BCUT2D eigenvalue weighted by molar-refractivity contribution is 5.42. The maximum Gasteiger partial charge on any atom is 0.204 e. The van der Waals surface area contributed by atoms with Gasteiger partial charge in [0.1, 0.15) is 5.82 Å². The second-order valence-corrected chi connectivity index (χ2v) is 1.26. The molecule has 50 valence electrons. The number of anilines is 1. The molecule has 0 radical (unpaired) electrons. The highest BCUT2D eigenvalue weighted by Gasteiger charge is 1.72. The highest BCUT2D eigenvalue weighted by Crippen LogP contribution is 1.90. The van der Waals surface area contributed by atoms with Crippen molar-refractivity contribution in [3.8, 4) is 0 Å². The Labute approximate surface area is 52.9 Å². The molecule has 4 heteroatoms. The SMILES string of the molecule is NC=O.Nc1ccc[nH]1. The molecule has 0 fully saturated rings. The molecule has 0 saturated carbocycles. The first-order chi connectivity index (χ1) is 4.31. The molecule has 1 rings (SSSR count). The van der Waals surface area contributed by atoms with E-state index in [0.717, 1.165) is 5.82 Å². The van der Waals surface area contributed by atoms with Gasteiger partial charge in [0.15, 0.2) is 0 Å². The molecule has 0 saturated heterocycles. The van der Waals surface area contributed by atoms with Crippen LogP contribution in [0, 0.1) is 0 Å². The molecule has 0 aromatic carbocycles. The average molecular weight is 127 g/mol. The van der Waals surface area contributed by atoms with E-state index < -0.39 is 0 Å². The lowest BCUT2D eigenvalue weighted by atomic mass is 10.6. The Morgan fingerprint density at radius 2 is 2.22 bits per heavy atom. The van der Waals surface area contributed by atoms with Crippen molar-refractivity contribution in [1.82, 2.24) is 4.98 Å². The summed E-state index contributed by atoms with van der Waals surface area (Å²) in [4.78, 5) is 11.4. The van der Waals surface area contributed by atoms with E-state index in [2.05, 4.69) is 10.7 Å². The number of nitrogens with two attached hydrogens (primary N) is 2. The van der Waals surface area contributed by atoms with Crippen LogP contribution in [0.4, 0.5) is 5.82 Å². The standard InChI is InChI=1S/C4H6N2.CH3NO/c5-4-2-1-3-6-4;2-1-3/h1-3,6H,5H2;1H,(H2,2,3). The van der Waals surface area contributed by atoms with Gasteiger partial charge in [0.05, 0.1) is 0 Å². The molecule has 1 aromatic heterocycles. The Bertz CT molecular complexity index is 147. The molecular formula is C5H9N3O. The van der Waals surface area contributed by atoms with Crippen LogP contribution in [0.25, 0.3) is 0 Å². The molecule has 1 heterocycles. The van der Waals surface area contributed by atoms with Crippen LogP contribution in [0.1, 0.15) is 0 Å². The number of carbonyl (C=O) groups excluding carboxylic acids is 1. The van der Waals surface area contributed by atoms with Gasteiger partial charge in [0.25, 0.3) is 0 Å². The number of hydrogen-bond donors (Lipinski definition) is 3. The zero-order valence-corrected chi connectivity index (χ0v) is 4.87. The van der Waals surface area contributed by atoms with E-state index in [1.165, 1.54) is 0 Å². The molecule has 5 N–H and O–H groups in total. The van der Waals surface area contributed by atoms with Gasteiger partial charge in [-0.25, -0.2) is 0 Å². The van der Waals surface area contributed by atoms with Crippen molar-refractivity contribution < 1.29 is 4.79 Å². The Hall–Kier alpha value is -1.45. The minimum atomic E-state index is 0.250. The van der Waals surface area contributed by atoms with Crippen molar-refractivity contribution in [3.05, 3.63) is 18.3 Å². The number of nitrogen functional groups attached to an aromatic ring is 1. The van der Waals surface area contributed by atoms with Crippen LogP contribution >= 0.6 is 0 Å². The van der Waals surface area contributed by atoms with Crippen LogP contribution in [-0.2, 0) is 4.79 Å². The van der Waals surface area contributed by atoms with Crippen molar-refractivity contribution in [2.24, 2.45) is 5.73 Å². The number of H-pyrrole nitrogens is 1. The van der Waals surface area contributed by atoms with E-state index in [9.17, 15) is 0 Å². The largest absolute Gasteiger partial charge is 0.385 e. The molecule has 0 aliphatic heterocycles. The number of primary amides is 1. The van der Waals surface area contributed by atoms with Gasteiger partial charge in [-0.05, 0) is 12.1 Å². The fourth-order valence-corrected chi connectivity index (χ4v) is 0.344. The second-order valence-electron chi connectivity index (χ2n) is 1.26. The van der Waals surface area contributed by atoms with E-state index in [1.807, 2.05) is 6.07 Å². The molecule has 0 bridgehead atoms. The third-order valence-corrected chi connectivity index (χ3v) is 0.622. The van der Waals surface area contributed by atoms with Crippen molar-refractivity contribution >= 4 is 12.2 Å². The summed E-state index contributed by atoms with van der Waals surface area (Å²) < 4.78 is 0. The first-order valence-electron chi connectivity index (χ1n) is 2.35. The summed E-state index contributed by atoms with van der Waals surface area (Å²) >= 11 is 0. The van der Waals surface area contributed by atoms with Gasteiger partial charge in [-0.2, -0.15) is 0 Å². The number of carbonyl (C=O) groups is 1. The van der Waals surface area contributed by atoms with Crippen molar-refractivity contribution in [2.75, 3.05) is 5.73 Å². The van der Waals surface area contributed by atoms with Crippen molar-refractivity contribution in [1.29, 1.82) is 0 Å². The van der Waals surface area contributed by atoms with Gasteiger partial charge in [0.2, 0.25) is 6.41 Å². The summed E-state index contributed by atoms with van der Waals surface area (Å²) in [6.45, 7) is 0. The van der Waals surface area contributed by atoms with Crippen LogP contribution < -0.4 is 11.5 Å². The predicted octanol–water partition coefficient (Wildman–Crippen LogP) is -0.302. The first kappa shape index (κ1) is 7.55. The lowest BCUT2D eigenvalue weighted by Gasteiger charge is -1.72. The molecule has 4 nitrogen and oxygen atoms in total. The van der Waals surface area contributed by atoms with Crippen LogP contribution in [-0.4, -0.2) is 11.4 Å². The van der Waals surface area contributed by atoms with Gasteiger partial charge in [-0.15, -0.1) is 0 Å². The van der Waals surface area contributed by atoms with E-state index in [4.69, 9.17) is 10.5 Å². The molecule has 0 spiro atoms. The molecular weight excluding hydrogens is 118 g/mol. The molecule has 1 aromatic rings. The number of hydrogen-bond acceptors (Lipinski definition) is 2. The Morgan fingerprint density at radius 3 is 2.33 bits per heavy atom. The summed E-state index contributed by atoms with van der Waals surface area (Å²) in [7, 11) is 0. The van der Waals surface area contributed by atoms with Crippen LogP contribution in [0.15, 0.2) is 18.3 Å². The monoisotopic (exact) mass is 127 g/mol. The summed E-state index contributed by atoms with van der Waals surface area (Å²) in [6.07, 6.45) is 2.04. The van der Waals surface area contributed by atoms with E-state index in [0.29, 0.717) is 0 Å². The molecule has 1 amide bonds. The normalized spacial score (nSPS) is 7.11. The Morgan fingerprint density at radius 1 is 1.67 bits per heavy atom. The van der Waals surface area contributed by atoms with Gasteiger partial charge in [-0.1, -0.05) is 0 Å². The van der Waals surface area contributed by atoms with E-state index in [-0.39, 0.29) is 6.41 Å². The molecule has 9 heavy (non-hydrogen) atoms. The Kier molecular flexibility index (Phi) is 3.95. The maximum atomic E-state index is 8.58. The zero-order chi connectivity index (χ0) is 7.11. The van der Waals surface area contributed by atoms with E-state index in [1.54, 1.807) is 12.3 Å². The third-order valence-electron chi connectivity index (χ3n) is 0.622. The van der Waals surface area contributed by atoms with Crippen LogP contribution in [0.5, 0.6) is 0 Å². The van der Waals surface area contributed by atoms with Gasteiger partial charge < -0.3 is 16.5 Å². The fraction of sp³-hybridized carbons (Fsp3) is 0. The number of aromatic amines is 1. The predicted molar refractivity (Wildman–Crippen MR) is 35.5 cm³/mol. The summed E-state index contributed by atoms with van der Waals surface area (Å²) in [6, 6.07) is 3.66. The maximum absolute atomic E-state index is 8.58. The quantitative estimate of drug-likeness (QED) is 0.418. The fourth-order valence-electron chi connectivity index (χ4n) is 0.344. The average Bonchev–Trinajstić information content (AvgIpc) is 2.20. The highest BCUT2D eigenvalue weighted by atomic mass is 16.1. The summed E-state index contributed by atoms with van der Waals surface area (Å²) in [5.41, 5.74) is 9.39. The first-order valence-corrected chi connectivity index (χ1v) is 2.35. The minimum absolute atomic E-state index is 0.250.